The zero-order valence-corrected chi connectivity index (χ0v) is 17.2. The van der Waals surface area contributed by atoms with Crippen molar-refractivity contribution >= 4 is 12.0 Å². The summed E-state index contributed by atoms with van der Waals surface area (Å²) >= 11 is 0. The predicted molar refractivity (Wildman–Crippen MR) is 118 cm³/mol. The molecule has 148 valence electrons. The largest absolute Gasteiger partial charge is 0.496 e. The Morgan fingerprint density at radius 1 is 1.14 bits per heavy atom. The van der Waals surface area contributed by atoms with E-state index in [4.69, 9.17) is 9.47 Å². The molecular weight excluding hydrogens is 348 g/mol. The number of allylic oxidation sites excluding steroid dienone is 1. The van der Waals surface area contributed by atoms with Crippen LogP contribution in [0.3, 0.4) is 0 Å². The maximum Gasteiger partial charge on any atom is 0.128 e. The minimum atomic E-state index is -0.372. The molecule has 0 bridgehead atoms. The van der Waals surface area contributed by atoms with Crippen molar-refractivity contribution in [3.8, 4) is 11.5 Å². The van der Waals surface area contributed by atoms with Crippen LogP contribution in [0.25, 0.3) is 5.70 Å². The molecule has 0 atom stereocenters. The SMILES string of the molecule is C=CC(C)(C)Oc1ccc(CCN=CN/C(=C\C)c2ccccc2OC)cc1. The van der Waals surface area contributed by atoms with Crippen LogP contribution >= 0.6 is 0 Å². The molecule has 1 N–H and O–H groups in total. The minimum absolute atomic E-state index is 0.372. The lowest BCUT2D eigenvalue weighted by atomic mass is 10.1. The van der Waals surface area contributed by atoms with E-state index in [1.807, 2.05) is 63.2 Å². The fourth-order valence-corrected chi connectivity index (χ4v) is 2.63. The lowest BCUT2D eigenvalue weighted by Crippen LogP contribution is -2.24. The minimum Gasteiger partial charge on any atom is -0.496 e. The Labute approximate surface area is 168 Å². The van der Waals surface area contributed by atoms with Crippen molar-refractivity contribution in [3.05, 3.63) is 78.4 Å². The smallest absolute Gasteiger partial charge is 0.128 e. The summed E-state index contributed by atoms with van der Waals surface area (Å²) in [5, 5.41) is 3.25. The molecule has 0 aromatic heterocycles. The number of rotatable bonds is 10. The van der Waals surface area contributed by atoms with Gasteiger partial charge in [0, 0.05) is 17.8 Å². The van der Waals surface area contributed by atoms with Gasteiger partial charge in [-0.05, 0) is 63.1 Å². The van der Waals surface area contributed by atoms with Gasteiger partial charge in [-0.3, -0.25) is 4.99 Å². The monoisotopic (exact) mass is 378 g/mol. The van der Waals surface area contributed by atoms with Crippen LogP contribution in [-0.4, -0.2) is 25.6 Å². The first-order chi connectivity index (χ1) is 13.5. The second-order valence-corrected chi connectivity index (χ2v) is 6.89. The summed E-state index contributed by atoms with van der Waals surface area (Å²) in [6.07, 6.45) is 6.41. The van der Waals surface area contributed by atoms with E-state index in [0.29, 0.717) is 6.54 Å². The highest BCUT2D eigenvalue weighted by molar-refractivity contribution is 5.78. The summed E-state index contributed by atoms with van der Waals surface area (Å²) in [6, 6.07) is 16.0. The Hall–Kier alpha value is -3.01. The van der Waals surface area contributed by atoms with Crippen LogP contribution in [0.1, 0.15) is 31.9 Å². The van der Waals surface area contributed by atoms with Gasteiger partial charge in [-0.25, -0.2) is 0 Å². The second kappa shape index (κ2) is 10.4. The number of aliphatic imine (C=N–C) groups is 1. The fourth-order valence-electron chi connectivity index (χ4n) is 2.63. The highest BCUT2D eigenvalue weighted by Gasteiger charge is 2.14. The van der Waals surface area contributed by atoms with E-state index >= 15 is 0 Å². The van der Waals surface area contributed by atoms with Gasteiger partial charge in [0.15, 0.2) is 0 Å². The van der Waals surface area contributed by atoms with Crippen molar-refractivity contribution < 1.29 is 9.47 Å². The van der Waals surface area contributed by atoms with Crippen LogP contribution in [0.2, 0.25) is 0 Å². The molecule has 0 heterocycles. The van der Waals surface area contributed by atoms with Crippen LogP contribution in [0.5, 0.6) is 11.5 Å². The van der Waals surface area contributed by atoms with Gasteiger partial charge in [-0.1, -0.05) is 36.9 Å². The highest BCUT2D eigenvalue weighted by Crippen LogP contribution is 2.23. The summed E-state index contributed by atoms with van der Waals surface area (Å²) in [6.45, 7) is 10.5. The van der Waals surface area contributed by atoms with Gasteiger partial charge < -0.3 is 14.8 Å². The number of nitrogens with zero attached hydrogens (tertiary/aromatic N) is 1. The Morgan fingerprint density at radius 2 is 1.86 bits per heavy atom. The molecule has 4 nitrogen and oxygen atoms in total. The number of ether oxygens (including phenoxy) is 2. The van der Waals surface area contributed by atoms with Crippen molar-refractivity contribution in [1.82, 2.24) is 5.32 Å². The third-order valence-electron chi connectivity index (χ3n) is 4.32. The zero-order valence-electron chi connectivity index (χ0n) is 17.2. The molecule has 0 amide bonds. The Kier molecular flexibility index (Phi) is 7.88. The fraction of sp³-hybridized carbons (Fsp3) is 0.292. The molecule has 0 aliphatic rings. The van der Waals surface area contributed by atoms with E-state index in [-0.39, 0.29) is 5.60 Å². The average Bonchev–Trinajstić information content (AvgIpc) is 2.71. The number of methoxy groups -OCH3 is 1. The van der Waals surface area contributed by atoms with Gasteiger partial charge in [0.05, 0.1) is 13.4 Å². The first-order valence-corrected chi connectivity index (χ1v) is 9.45. The molecule has 0 radical (unpaired) electrons. The molecule has 0 spiro atoms. The average molecular weight is 379 g/mol. The van der Waals surface area contributed by atoms with E-state index < -0.39 is 0 Å². The van der Waals surface area contributed by atoms with Gasteiger partial charge in [-0.15, -0.1) is 0 Å². The van der Waals surface area contributed by atoms with Crippen molar-refractivity contribution in [2.45, 2.75) is 32.8 Å². The molecule has 0 fully saturated rings. The molecular formula is C24H30N2O2. The van der Waals surface area contributed by atoms with Crippen molar-refractivity contribution in [2.24, 2.45) is 4.99 Å². The van der Waals surface area contributed by atoms with Gasteiger partial charge >= 0.3 is 0 Å². The van der Waals surface area contributed by atoms with Crippen LogP contribution in [0.4, 0.5) is 0 Å². The molecule has 2 rings (SSSR count). The number of hydrogen-bond acceptors (Lipinski definition) is 3. The number of hydrogen-bond donors (Lipinski definition) is 1. The standard InChI is InChI=1S/C24H30N2O2/c1-6-22(21-10-8-9-11-23(21)27-5)26-18-25-17-16-19-12-14-20(15-13-19)28-24(3,4)7-2/h6-15,18H,2,16-17H2,1,3-5H3,(H,25,26)/b22-6-. The van der Waals surface area contributed by atoms with Crippen LogP contribution in [0.15, 0.2) is 72.3 Å². The lowest BCUT2D eigenvalue weighted by molar-refractivity contribution is 0.162. The second-order valence-electron chi connectivity index (χ2n) is 6.89. The van der Waals surface area contributed by atoms with E-state index in [2.05, 4.69) is 29.0 Å². The van der Waals surface area contributed by atoms with Gasteiger partial charge in [0.2, 0.25) is 0 Å². The topological polar surface area (TPSA) is 42.8 Å². The molecule has 28 heavy (non-hydrogen) atoms. The Balaban J connectivity index is 1.85. The van der Waals surface area contributed by atoms with Gasteiger partial charge in [0.1, 0.15) is 17.1 Å². The van der Waals surface area contributed by atoms with Gasteiger partial charge in [-0.2, -0.15) is 0 Å². The molecule has 0 aliphatic heterocycles. The first kappa shape index (κ1) is 21.3. The summed E-state index contributed by atoms with van der Waals surface area (Å²) in [4.78, 5) is 4.47. The molecule has 0 aliphatic carbocycles. The molecule has 0 saturated heterocycles. The first-order valence-electron chi connectivity index (χ1n) is 9.45. The molecule has 0 saturated carbocycles. The highest BCUT2D eigenvalue weighted by atomic mass is 16.5. The van der Waals surface area contributed by atoms with E-state index in [9.17, 15) is 0 Å². The number of nitrogens with one attached hydrogen (secondary N) is 1. The maximum absolute atomic E-state index is 5.87. The summed E-state index contributed by atoms with van der Waals surface area (Å²) in [5.74, 6) is 1.67. The van der Waals surface area contributed by atoms with Crippen LogP contribution in [-0.2, 0) is 6.42 Å². The zero-order chi connectivity index (χ0) is 20.4. The van der Waals surface area contributed by atoms with Crippen molar-refractivity contribution in [1.29, 1.82) is 0 Å². The van der Waals surface area contributed by atoms with Crippen LogP contribution < -0.4 is 14.8 Å². The Bertz CT molecular complexity index is 821. The number of para-hydroxylation sites is 1. The third-order valence-corrected chi connectivity index (χ3v) is 4.32. The lowest BCUT2D eigenvalue weighted by Gasteiger charge is -2.22. The molecule has 2 aromatic carbocycles. The molecule has 4 heteroatoms. The normalized spacial score (nSPS) is 12.1. The summed E-state index contributed by atoms with van der Waals surface area (Å²) in [7, 11) is 1.68. The van der Waals surface area contributed by atoms with Crippen LogP contribution in [0, 0.1) is 0 Å². The Morgan fingerprint density at radius 3 is 2.50 bits per heavy atom. The van der Waals surface area contributed by atoms with Gasteiger partial charge in [0.25, 0.3) is 0 Å². The summed E-state index contributed by atoms with van der Waals surface area (Å²) in [5.41, 5.74) is 2.82. The predicted octanol–water partition coefficient (Wildman–Crippen LogP) is 5.26. The van der Waals surface area contributed by atoms with E-state index in [0.717, 1.165) is 29.2 Å². The van der Waals surface area contributed by atoms with Crippen molar-refractivity contribution in [2.75, 3.05) is 13.7 Å². The van der Waals surface area contributed by atoms with E-state index in [1.54, 1.807) is 19.5 Å². The van der Waals surface area contributed by atoms with E-state index in [1.165, 1.54) is 5.56 Å². The quantitative estimate of drug-likeness (QED) is 0.348. The number of benzene rings is 2. The van der Waals surface area contributed by atoms with Crippen molar-refractivity contribution in [3.63, 3.8) is 0 Å². The third kappa shape index (κ3) is 6.31. The molecule has 0 unspecified atom stereocenters. The summed E-state index contributed by atoms with van der Waals surface area (Å²) < 4.78 is 11.3. The maximum atomic E-state index is 5.87. The molecule has 2 aromatic rings.